The Kier molecular flexibility index (Phi) is 18.6. The Balaban J connectivity index is 4.62. The molecule has 0 aromatic heterocycles. The van der Waals surface area contributed by atoms with Gasteiger partial charge in [0.1, 0.15) is 0 Å². The van der Waals surface area contributed by atoms with E-state index < -0.39 is 6.96 Å². The third-order valence-corrected chi connectivity index (χ3v) is 4.28. The molecule has 0 aromatic carbocycles. The lowest BCUT2D eigenvalue weighted by atomic mass is 10.0. The smallest absolute Gasteiger partial charge is 0.518 e. The van der Waals surface area contributed by atoms with Gasteiger partial charge in [-0.25, -0.2) is 0 Å². The summed E-state index contributed by atoms with van der Waals surface area (Å²) >= 11 is 0. The molecule has 0 N–H and O–H groups in total. The summed E-state index contributed by atoms with van der Waals surface area (Å²) in [5.41, 5.74) is 0. The molecule has 0 saturated heterocycles. The average molecular weight is 359 g/mol. The van der Waals surface area contributed by atoms with Gasteiger partial charge in [-0.15, -0.1) is 0 Å². The second-order valence-electron chi connectivity index (χ2n) is 6.89. The molecule has 0 unspecified atom stereocenters. The van der Waals surface area contributed by atoms with Gasteiger partial charge in [0.05, 0.1) is 0 Å². The molecule has 25 heavy (non-hydrogen) atoms. The van der Waals surface area contributed by atoms with Gasteiger partial charge in [-0.05, 0) is 25.7 Å². The zero-order chi connectivity index (χ0) is 18.6. The van der Waals surface area contributed by atoms with Crippen LogP contribution in [-0.2, 0) is 18.6 Å². The van der Waals surface area contributed by atoms with E-state index >= 15 is 0 Å². The SMILES string of the molecule is CCCCCO[B-](OCCCCC)(OCCCCC)OCCCCC. The van der Waals surface area contributed by atoms with E-state index in [9.17, 15) is 0 Å². The first kappa shape index (κ1) is 24.9. The van der Waals surface area contributed by atoms with Crippen LogP contribution >= 0.6 is 0 Å². The van der Waals surface area contributed by atoms with Crippen LogP contribution in [0, 0.1) is 0 Å². The summed E-state index contributed by atoms with van der Waals surface area (Å²) in [6, 6.07) is 0. The number of rotatable bonds is 20. The van der Waals surface area contributed by atoms with Crippen molar-refractivity contribution in [2.24, 2.45) is 0 Å². The van der Waals surface area contributed by atoms with Crippen LogP contribution in [-0.4, -0.2) is 33.4 Å². The fraction of sp³-hybridized carbons (Fsp3) is 1.00. The number of hydrogen-bond donors (Lipinski definition) is 0. The molecule has 0 aliphatic rings. The Labute approximate surface area is 157 Å². The van der Waals surface area contributed by atoms with E-state index in [0.29, 0.717) is 26.4 Å². The highest BCUT2D eigenvalue weighted by atomic mass is 16.9. The molecule has 0 aliphatic carbocycles. The van der Waals surface area contributed by atoms with Crippen molar-refractivity contribution in [3.05, 3.63) is 0 Å². The molecule has 0 spiro atoms. The van der Waals surface area contributed by atoms with Crippen LogP contribution in [0.4, 0.5) is 0 Å². The first-order valence-electron chi connectivity index (χ1n) is 10.9. The largest absolute Gasteiger partial charge is 0.531 e. The van der Waals surface area contributed by atoms with Crippen molar-refractivity contribution in [2.75, 3.05) is 26.4 Å². The number of unbranched alkanes of at least 4 members (excludes halogenated alkanes) is 8. The fourth-order valence-electron chi connectivity index (χ4n) is 2.61. The summed E-state index contributed by atoms with van der Waals surface area (Å²) in [6.07, 6.45) is 13.4. The lowest BCUT2D eigenvalue weighted by Crippen LogP contribution is -2.50. The molecule has 152 valence electrons. The summed E-state index contributed by atoms with van der Waals surface area (Å²) in [5, 5.41) is 0. The van der Waals surface area contributed by atoms with Crippen LogP contribution in [0.3, 0.4) is 0 Å². The summed E-state index contributed by atoms with van der Waals surface area (Å²) in [5.74, 6) is 0. The quantitative estimate of drug-likeness (QED) is 0.190. The molecule has 0 saturated carbocycles. The van der Waals surface area contributed by atoms with E-state index in [-0.39, 0.29) is 0 Å². The summed E-state index contributed by atoms with van der Waals surface area (Å²) in [6.45, 7) is 9.29. The van der Waals surface area contributed by atoms with Crippen LogP contribution in [0.5, 0.6) is 0 Å². The van der Waals surface area contributed by atoms with Crippen LogP contribution < -0.4 is 0 Å². The predicted molar refractivity (Wildman–Crippen MR) is 108 cm³/mol. The minimum absolute atomic E-state index is 0.642. The molecule has 0 fully saturated rings. The van der Waals surface area contributed by atoms with Gasteiger partial charge in [0, 0.05) is 26.4 Å². The lowest BCUT2D eigenvalue weighted by molar-refractivity contribution is -0.0374. The Morgan fingerprint density at radius 3 is 0.840 bits per heavy atom. The Bertz CT molecular complexity index is 211. The fourth-order valence-corrected chi connectivity index (χ4v) is 2.61. The van der Waals surface area contributed by atoms with Crippen molar-refractivity contribution in [1.29, 1.82) is 0 Å². The van der Waals surface area contributed by atoms with Gasteiger partial charge >= 0.3 is 6.96 Å². The second kappa shape index (κ2) is 18.7. The standard InChI is InChI=1S/C20H44BO4/c1-5-9-13-17-22-21(23-18-14-10-6-2,24-19-15-11-7-3)25-20-16-12-8-4/h5-20H2,1-4H3/q-1. The highest BCUT2D eigenvalue weighted by Gasteiger charge is 2.31. The summed E-state index contributed by atoms with van der Waals surface area (Å²) in [4.78, 5) is 0. The van der Waals surface area contributed by atoms with Gasteiger partial charge in [0.25, 0.3) is 0 Å². The molecule has 0 aromatic rings. The van der Waals surface area contributed by atoms with Gasteiger partial charge in [0.2, 0.25) is 0 Å². The molecular formula is C20H44BO4-. The third kappa shape index (κ3) is 14.7. The zero-order valence-corrected chi connectivity index (χ0v) is 17.5. The van der Waals surface area contributed by atoms with Crippen molar-refractivity contribution in [2.45, 2.75) is 105 Å². The molecule has 0 rings (SSSR count). The number of hydrogen-bond acceptors (Lipinski definition) is 4. The van der Waals surface area contributed by atoms with Crippen molar-refractivity contribution in [3.8, 4) is 0 Å². The average Bonchev–Trinajstić information content (AvgIpc) is 2.63. The van der Waals surface area contributed by atoms with Gasteiger partial charge in [0.15, 0.2) is 0 Å². The van der Waals surface area contributed by atoms with E-state index in [2.05, 4.69) is 27.7 Å². The highest BCUT2D eigenvalue weighted by molar-refractivity contribution is 6.53. The first-order chi connectivity index (χ1) is 12.2. The van der Waals surface area contributed by atoms with E-state index in [0.717, 1.165) is 51.4 Å². The third-order valence-electron chi connectivity index (χ3n) is 4.28. The molecule has 0 amide bonds. The molecule has 5 heteroatoms. The Morgan fingerprint density at radius 1 is 0.400 bits per heavy atom. The molecule has 4 nitrogen and oxygen atoms in total. The van der Waals surface area contributed by atoms with E-state index in [1.807, 2.05) is 0 Å². The monoisotopic (exact) mass is 359 g/mol. The zero-order valence-electron chi connectivity index (χ0n) is 17.5. The van der Waals surface area contributed by atoms with Gasteiger partial charge < -0.3 is 18.6 Å². The van der Waals surface area contributed by atoms with Gasteiger partial charge in [-0.2, -0.15) is 0 Å². The summed E-state index contributed by atoms with van der Waals surface area (Å²) < 4.78 is 24.3. The van der Waals surface area contributed by atoms with E-state index in [4.69, 9.17) is 18.6 Å². The van der Waals surface area contributed by atoms with Crippen LogP contribution in [0.2, 0.25) is 0 Å². The topological polar surface area (TPSA) is 36.9 Å². The van der Waals surface area contributed by atoms with E-state index in [1.54, 1.807) is 0 Å². The maximum Gasteiger partial charge on any atom is 0.531 e. The molecule has 0 radical (unpaired) electrons. The summed E-state index contributed by atoms with van der Waals surface area (Å²) in [7, 11) is 0. The maximum atomic E-state index is 6.07. The van der Waals surface area contributed by atoms with Gasteiger partial charge in [-0.1, -0.05) is 79.1 Å². The molecule has 0 heterocycles. The molecular weight excluding hydrogens is 315 g/mol. The normalized spacial score (nSPS) is 12.0. The first-order valence-corrected chi connectivity index (χ1v) is 10.9. The Morgan fingerprint density at radius 2 is 0.640 bits per heavy atom. The van der Waals surface area contributed by atoms with Crippen molar-refractivity contribution < 1.29 is 18.6 Å². The highest BCUT2D eigenvalue weighted by Crippen LogP contribution is 2.17. The van der Waals surface area contributed by atoms with Crippen molar-refractivity contribution >= 4 is 6.96 Å². The molecule has 0 aliphatic heterocycles. The van der Waals surface area contributed by atoms with E-state index in [1.165, 1.54) is 25.7 Å². The van der Waals surface area contributed by atoms with Crippen LogP contribution in [0.25, 0.3) is 0 Å². The van der Waals surface area contributed by atoms with Crippen molar-refractivity contribution in [3.63, 3.8) is 0 Å². The second-order valence-corrected chi connectivity index (χ2v) is 6.89. The van der Waals surface area contributed by atoms with Crippen LogP contribution in [0.1, 0.15) is 105 Å². The minimum Gasteiger partial charge on any atom is -0.518 e. The minimum atomic E-state index is -2.06. The lowest BCUT2D eigenvalue weighted by Gasteiger charge is -2.41. The predicted octanol–water partition coefficient (Wildman–Crippen LogP) is 6.25. The molecule has 0 atom stereocenters. The van der Waals surface area contributed by atoms with Crippen molar-refractivity contribution in [1.82, 2.24) is 0 Å². The Hall–Kier alpha value is -0.0951. The maximum absolute atomic E-state index is 6.07. The van der Waals surface area contributed by atoms with Gasteiger partial charge in [-0.3, -0.25) is 0 Å². The van der Waals surface area contributed by atoms with Crippen LogP contribution in [0.15, 0.2) is 0 Å². The molecule has 0 bridgehead atoms.